The second kappa shape index (κ2) is 6.47. The molecule has 0 saturated carbocycles. The summed E-state index contributed by atoms with van der Waals surface area (Å²) in [6, 6.07) is 0. The number of hydrogen-bond donors (Lipinski definition) is 0. The first-order chi connectivity index (χ1) is 7.88. The van der Waals surface area contributed by atoms with Crippen molar-refractivity contribution < 1.29 is 21.8 Å². The summed E-state index contributed by atoms with van der Waals surface area (Å²) in [5.41, 5.74) is 0. The first-order valence-corrected chi connectivity index (χ1v) is 6.15. The molecule has 0 bridgehead atoms. The van der Waals surface area contributed by atoms with E-state index in [-0.39, 0.29) is 0 Å². The summed E-state index contributed by atoms with van der Waals surface area (Å²) in [6.45, 7) is 4.65. The molecule has 17 heavy (non-hydrogen) atoms. The summed E-state index contributed by atoms with van der Waals surface area (Å²) >= 11 is 6.26. The molecule has 0 aromatic heterocycles. The molecule has 2 rings (SSSR count). The molecule has 0 radical (unpaired) electrons. The van der Waals surface area contributed by atoms with Gasteiger partial charge in [-0.3, -0.25) is 9.48 Å². The summed E-state index contributed by atoms with van der Waals surface area (Å²) in [5.74, 6) is 0. The van der Waals surface area contributed by atoms with Gasteiger partial charge >= 0.3 is 12.5 Å². The monoisotopic (exact) mass is 274 g/mol. The van der Waals surface area contributed by atoms with Gasteiger partial charge in [-0.1, -0.05) is 0 Å². The Morgan fingerprint density at radius 2 is 1.35 bits per heavy atom. The van der Waals surface area contributed by atoms with Crippen molar-refractivity contribution in [2.45, 2.75) is 25.7 Å². The van der Waals surface area contributed by atoms with Gasteiger partial charge in [0.05, 0.1) is 26.2 Å². The van der Waals surface area contributed by atoms with E-state index in [2.05, 4.69) is 9.48 Å². The van der Waals surface area contributed by atoms with Crippen molar-refractivity contribution >= 4 is 24.2 Å². The van der Waals surface area contributed by atoms with Gasteiger partial charge < -0.3 is 17.3 Å². The van der Waals surface area contributed by atoms with Crippen molar-refractivity contribution in [3.8, 4) is 0 Å². The molecular formula is C9H16BClF4N2. The van der Waals surface area contributed by atoms with Crippen molar-refractivity contribution in [3.05, 3.63) is 0 Å². The molecule has 0 aliphatic carbocycles. The largest absolute Gasteiger partial charge is 0.673 e. The number of likely N-dealkylation sites (tertiary alicyclic amines) is 1. The molecular weight excluding hydrogens is 258 g/mol. The van der Waals surface area contributed by atoms with E-state index >= 15 is 0 Å². The van der Waals surface area contributed by atoms with Crippen LogP contribution in [-0.4, -0.2) is 48.2 Å². The van der Waals surface area contributed by atoms with Crippen LogP contribution in [0.5, 0.6) is 0 Å². The van der Waals surface area contributed by atoms with Gasteiger partial charge in [-0.25, -0.2) is 0 Å². The lowest BCUT2D eigenvalue weighted by Crippen LogP contribution is -2.31. The maximum absolute atomic E-state index is 9.75. The van der Waals surface area contributed by atoms with Crippen LogP contribution >= 0.6 is 11.6 Å². The maximum Gasteiger partial charge on any atom is 0.673 e. The number of amidine groups is 1. The summed E-state index contributed by atoms with van der Waals surface area (Å²) in [4.78, 5) is 2.31. The second-order valence-electron chi connectivity index (χ2n) is 4.15. The minimum Gasteiger partial charge on any atom is -0.418 e. The van der Waals surface area contributed by atoms with E-state index in [1.165, 1.54) is 25.7 Å². The van der Waals surface area contributed by atoms with Gasteiger partial charge in [0.15, 0.2) is 0 Å². The Labute approximate surface area is 103 Å². The second-order valence-corrected chi connectivity index (χ2v) is 4.49. The molecule has 100 valence electrons. The fourth-order valence-corrected chi connectivity index (χ4v) is 2.34. The van der Waals surface area contributed by atoms with Gasteiger partial charge in [-0.15, -0.1) is 0 Å². The highest BCUT2D eigenvalue weighted by molar-refractivity contribution is 6.63. The summed E-state index contributed by atoms with van der Waals surface area (Å²) in [6.07, 6.45) is 5.24. The van der Waals surface area contributed by atoms with Crippen LogP contribution < -0.4 is 0 Å². The van der Waals surface area contributed by atoms with Gasteiger partial charge in [0.2, 0.25) is 0 Å². The lowest BCUT2D eigenvalue weighted by atomic mass is 10.3. The molecule has 2 heterocycles. The van der Waals surface area contributed by atoms with Crippen LogP contribution in [0.25, 0.3) is 0 Å². The van der Waals surface area contributed by atoms with Crippen LogP contribution in [-0.2, 0) is 0 Å². The standard InChI is InChI=1S/C9H16ClN2.BF4/c10-9(11-5-1-2-6-11)12-7-3-4-8-12;2-1(3,4)5/h1-8H2;/q+1;-1. The number of hydrogen-bond acceptors (Lipinski definition) is 0. The Hall–Kier alpha value is -0.455. The zero-order chi connectivity index (χ0) is 12.9. The highest BCUT2D eigenvalue weighted by atomic mass is 35.5. The van der Waals surface area contributed by atoms with E-state index in [0.717, 1.165) is 31.5 Å². The molecule has 0 unspecified atom stereocenters. The van der Waals surface area contributed by atoms with Crippen molar-refractivity contribution in [2.24, 2.45) is 0 Å². The van der Waals surface area contributed by atoms with Crippen molar-refractivity contribution in [2.75, 3.05) is 26.2 Å². The van der Waals surface area contributed by atoms with Crippen LogP contribution in [0.2, 0.25) is 0 Å². The van der Waals surface area contributed by atoms with Crippen LogP contribution in [0.4, 0.5) is 17.3 Å². The van der Waals surface area contributed by atoms with Crippen LogP contribution in [0.3, 0.4) is 0 Å². The normalized spacial score (nSPS) is 20.3. The molecule has 0 atom stereocenters. The first kappa shape index (κ1) is 14.6. The fraction of sp³-hybridized carbons (Fsp3) is 0.889. The first-order valence-electron chi connectivity index (χ1n) is 5.77. The van der Waals surface area contributed by atoms with Gasteiger partial charge in [0, 0.05) is 11.6 Å². The lowest BCUT2D eigenvalue weighted by Gasteiger charge is -2.09. The van der Waals surface area contributed by atoms with Crippen LogP contribution in [0.1, 0.15) is 25.7 Å². The SMILES string of the molecule is ClC(N1CCCC1)=[N+]1CCCC1.F[B-](F)(F)F. The predicted octanol–water partition coefficient (Wildman–Crippen LogP) is 2.78. The highest BCUT2D eigenvalue weighted by Gasteiger charge is 2.25. The van der Waals surface area contributed by atoms with E-state index in [1.807, 2.05) is 0 Å². The topological polar surface area (TPSA) is 6.25 Å². The van der Waals surface area contributed by atoms with Gasteiger partial charge in [0.1, 0.15) is 0 Å². The van der Waals surface area contributed by atoms with Crippen molar-refractivity contribution in [1.29, 1.82) is 0 Å². The molecule has 0 amide bonds. The fourth-order valence-electron chi connectivity index (χ4n) is 2.00. The van der Waals surface area contributed by atoms with E-state index in [0.29, 0.717) is 0 Å². The van der Waals surface area contributed by atoms with Crippen molar-refractivity contribution in [3.63, 3.8) is 0 Å². The molecule has 2 aliphatic heterocycles. The van der Waals surface area contributed by atoms with Gasteiger partial charge in [0.25, 0.3) is 0 Å². The maximum atomic E-state index is 9.75. The Morgan fingerprint density at radius 3 is 1.76 bits per heavy atom. The average molecular weight is 274 g/mol. The quantitative estimate of drug-likeness (QED) is 0.216. The van der Waals surface area contributed by atoms with E-state index in [1.54, 1.807) is 0 Å². The van der Waals surface area contributed by atoms with Gasteiger partial charge in [-0.2, -0.15) is 0 Å². The number of rotatable bonds is 0. The molecule has 0 aromatic rings. The third-order valence-electron chi connectivity index (χ3n) is 2.73. The number of nitrogens with zero attached hydrogens (tertiary/aromatic N) is 2. The van der Waals surface area contributed by atoms with E-state index in [9.17, 15) is 17.3 Å². The van der Waals surface area contributed by atoms with E-state index < -0.39 is 7.25 Å². The minimum atomic E-state index is -6.00. The molecule has 0 aromatic carbocycles. The smallest absolute Gasteiger partial charge is 0.418 e. The van der Waals surface area contributed by atoms with E-state index in [4.69, 9.17) is 11.6 Å². The summed E-state index contributed by atoms with van der Waals surface area (Å²) in [5, 5.41) is 1.00. The molecule has 8 heteroatoms. The van der Waals surface area contributed by atoms with Crippen LogP contribution in [0.15, 0.2) is 0 Å². The molecule has 0 spiro atoms. The zero-order valence-corrected chi connectivity index (χ0v) is 10.3. The highest BCUT2D eigenvalue weighted by Crippen LogP contribution is 2.12. The molecule has 0 N–H and O–H groups in total. The minimum absolute atomic E-state index is 1.00. The van der Waals surface area contributed by atoms with Crippen LogP contribution in [0, 0.1) is 0 Å². The predicted molar refractivity (Wildman–Crippen MR) is 61.1 cm³/mol. The Balaban J connectivity index is 0.000000249. The molecule has 2 aliphatic rings. The Bertz CT molecular complexity index is 263. The summed E-state index contributed by atoms with van der Waals surface area (Å²) in [7, 11) is -6.00. The Kier molecular flexibility index (Phi) is 5.56. The number of halogens is 5. The third kappa shape index (κ3) is 6.14. The zero-order valence-electron chi connectivity index (χ0n) is 9.52. The lowest BCUT2D eigenvalue weighted by molar-refractivity contribution is -0.508. The average Bonchev–Trinajstić information content (AvgIpc) is 2.88. The van der Waals surface area contributed by atoms with Gasteiger partial charge in [-0.05, 0) is 25.7 Å². The molecule has 2 nitrogen and oxygen atoms in total. The molecule has 2 fully saturated rings. The summed E-state index contributed by atoms with van der Waals surface area (Å²) < 4.78 is 41.3. The molecule has 2 saturated heterocycles. The third-order valence-corrected chi connectivity index (χ3v) is 3.21. The Morgan fingerprint density at radius 1 is 0.941 bits per heavy atom. The van der Waals surface area contributed by atoms with Crippen molar-refractivity contribution in [1.82, 2.24) is 4.90 Å².